The van der Waals surface area contributed by atoms with Crippen LogP contribution in [0.2, 0.25) is 5.02 Å². The molecule has 0 atom stereocenters. The van der Waals surface area contributed by atoms with Crippen molar-refractivity contribution in [3.63, 3.8) is 0 Å². The number of carbonyl (C=O) groups is 1. The number of hydrogen-bond acceptors (Lipinski definition) is 4. The van der Waals surface area contributed by atoms with E-state index in [4.69, 9.17) is 11.6 Å². The SMILES string of the molecule is Cc1csc(C(=O)Nc2ncc(Br)s2)c1Cl. The number of thiazole rings is 1. The molecule has 0 aromatic carbocycles. The molecule has 0 aliphatic heterocycles. The van der Waals surface area contributed by atoms with Crippen LogP contribution in [0.15, 0.2) is 15.4 Å². The third-order valence-corrected chi connectivity index (χ3v) is 4.89. The van der Waals surface area contributed by atoms with Gasteiger partial charge < -0.3 is 0 Å². The number of aryl methyl sites for hydroxylation is 1. The number of rotatable bonds is 2. The maximum absolute atomic E-state index is 11.8. The molecule has 1 amide bonds. The normalized spacial score (nSPS) is 10.4. The molecule has 2 rings (SSSR count). The van der Waals surface area contributed by atoms with Crippen LogP contribution in [0, 0.1) is 6.92 Å². The van der Waals surface area contributed by atoms with Gasteiger partial charge in [-0.15, -0.1) is 11.3 Å². The van der Waals surface area contributed by atoms with Gasteiger partial charge in [-0.3, -0.25) is 10.1 Å². The number of carbonyl (C=O) groups excluding carboxylic acids is 1. The van der Waals surface area contributed by atoms with Crippen molar-refractivity contribution in [2.75, 3.05) is 5.32 Å². The van der Waals surface area contributed by atoms with Gasteiger partial charge >= 0.3 is 0 Å². The number of anilines is 1. The molecule has 2 aromatic heterocycles. The Morgan fingerprint density at radius 1 is 1.62 bits per heavy atom. The third-order valence-electron chi connectivity index (χ3n) is 1.80. The molecule has 0 fully saturated rings. The van der Waals surface area contributed by atoms with E-state index in [-0.39, 0.29) is 5.91 Å². The zero-order valence-corrected chi connectivity index (χ0v) is 12.1. The maximum Gasteiger partial charge on any atom is 0.269 e. The Labute approximate surface area is 114 Å². The van der Waals surface area contributed by atoms with Gasteiger partial charge in [0, 0.05) is 0 Å². The van der Waals surface area contributed by atoms with Gasteiger partial charge in [0.25, 0.3) is 5.91 Å². The molecule has 2 aromatic rings. The topological polar surface area (TPSA) is 42.0 Å². The Balaban J connectivity index is 2.18. The van der Waals surface area contributed by atoms with Crippen LogP contribution in [-0.2, 0) is 0 Å². The molecule has 2 heterocycles. The highest BCUT2D eigenvalue weighted by Gasteiger charge is 2.15. The van der Waals surface area contributed by atoms with Gasteiger partial charge in [-0.25, -0.2) is 4.98 Å². The van der Waals surface area contributed by atoms with E-state index >= 15 is 0 Å². The molecule has 0 radical (unpaired) electrons. The van der Waals surface area contributed by atoms with E-state index in [9.17, 15) is 4.79 Å². The largest absolute Gasteiger partial charge is 0.297 e. The predicted molar refractivity (Wildman–Crippen MR) is 71.8 cm³/mol. The molecule has 0 unspecified atom stereocenters. The van der Waals surface area contributed by atoms with Gasteiger partial charge in [0.15, 0.2) is 5.13 Å². The van der Waals surface area contributed by atoms with Crippen LogP contribution >= 0.6 is 50.2 Å². The Kier molecular flexibility index (Phi) is 3.63. The minimum absolute atomic E-state index is 0.218. The Morgan fingerprint density at radius 3 is 2.88 bits per heavy atom. The minimum atomic E-state index is -0.218. The summed E-state index contributed by atoms with van der Waals surface area (Å²) in [4.78, 5) is 16.4. The number of nitrogens with zero attached hydrogens (tertiary/aromatic N) is 1. The van der Waals surface area contributed by atoms with Crippen LogP contribution in [-0.4, -0.2) is 10.9 Å². The molecule has 0 saturated heterocycles. The smallest absolute Gasteiger partial charge is 0.269 e. The van der Waals surface area contributed by atoms with E-state index in [2.05, 4.69) is 26.2 Å². The lowest BCUT2D eigenvalue weighted by atomic mass is 10.3. The molecule has 3 nitrogen and oxygen atoms in total. The van der Waals surface area contributed by atoms with E-state index in [0.717, 1.165) is 9.35 Å². The first kappa shape index (κ1) is 12.0. The number of aromatic nitrogens is 1. The van der Waals surface area contributed by atoms with Crippen molar-refractivity contribution in [3.8, 4) is 0 Å². The second-order valence-electron chi connectivity index (χ2n) is 2.99. The van der Waals surface area contributed by atoms with Crippen LogP contribution in [0.3, 0.4) is 0 Å². The molecule has 0 aliphatic rings. The second kappa shape index (κ2) is 4.83. The Hall–Kier alpha value is -0.430. The van der Waals surface area contributed by atoms with Crippen molar-refractivity contribution < 1.29 is 4.79 Å². The van der Waals surface area contributed by atoms with E-state index in [1.165, 1.54) is 22.7 Å². The first-order valence-electron chi connectivity index (χ1n) is 4.24. The average molecular weight is 338 g/mol. The van der Waals surface area contributed by atoms with Crippen molar-refractivity contribution >= 4 is 61.2 Å². The fraction of sp³-hybridized carbons (Fsp3) is 0.111. The third kappa shape index (κ3) is 2.45. The molecule has 84 valence electrons. The molecule has 0 saturated carbocycles. The maximum atomic E-state index is 11.8. The summed E-state index contributed by atoms with van der Waals surface area (Å²) in [5.41, 5.74) is 0.914. The van der Waals surface area contributed by atoms with Crippen molar-refractivity contribution in [2.45, 2.75) is 6.92 Å². The number of hydrogen-bond donors (Lipinski definition) is 1. The lowest BCUT2D eigenvalue weighted by molar-refractivity contribution is 0.103. The molecule has 7 heteroatoms. The first-order chi connectivity index (χ1) is 7.58. The molecule has 0 aliphatic carbocycles. The zero-order chi connectivity index (χ0) is 11.7. The fourth-order valence-corrected chi connectivity index (χ4v) is 3.32. The summed E-state index contributed by atoms with van der Waals surface area (Å²) in [6, 6.07) is 0. The summed E-state index contributed by atoms with van der Waals surface area (Å²) in [7, 11) is 0. The van der Waals surface area contributed by atoms with Crippen LogP contribution in [0.4, 0.5) is 5.13 Å². The predicted octanol–water partition coefficient (Wildman–Crippen LogP) is 4.18. The number of halogens is 2. The number of amides is 1. The van der Waals surface area contributed by atoms with Gasteiger partial charge in [-0.1, -0.05) is 22.9 Å². The van der Waals surface area contributed by atoms with E-state index in [0.29, 0.717) is 15.0 Å². The van der Waals surface area contributed by atoms with Gasteiger partial charge in [-0.05, 0) is 33.8 Å². The Bertz CT molecular complexity index is 537. The summed E-state index contributed by atoms with van der Waals surface area (Å²) in [5.74, 6) is -0.218. The standard InChI is InChI=1S/C9H6BrClN2OS2/c1-4-3-15-7(6(4)11)8(14)13-9-12-2-5(10)16-9/h2-3H,1H3,(H,12,13,14). The quantitative estimate of drug-likeness (QED) is 0.893. The molecule has 16 heavy (non-hydrogen) atoms. The fourth-order valence-electron chi connectivity index (χ4n) is 1.05. The van der Waals surface area contributed by atoms with Gasteiger partial charge in [0.1, 0.15) is 4.88 Å². The molecule has 0 spiro atoms. The van der Waals surface area contributed by atoms with Crippen molar-refractivity contribution in [2.24, 2.45) is 0 Å². The van der Waals surface area contributed by atoms with E-state index < -0.39 is 0 Å². The van der Waals surface area contributed by atoms with Crippen LogP contribution in [0.5, 0.6) is 0 Å². The molecule has 0 bridgehead atoms. The first-order valence-corrected chi connectivity index (χ1v) is 7.11. The highest BCUT2D eigenvalue weighted by atomic mass is 79.9. The lowest BCUT2D eigenvalue weighted by Crippen LogP contribution is -2.10. The van der Waals surface area contributed by atoms with Crippen LogP contribution in [0.1, 0.15) is 15.2 Å². The average Bonchev–Trinajstić information content (AvgIpc) is 2.76. The van der Waals surface area contributed by atoms with Crippen molar-refractivity contribution in [3.05, 3.63) is 30.8 Å². The highest BCUT2D eigenvalue weighted by molar-refractivity contribution is 9.11. The molecule has 1 N–H and O–H groups in total. The van der Waals surface area contributed by atoms with Crippen molar-refractivity contribution in [1.82, 2.24) is 4.98 Å². The molecular formula is C9H6BrClN2OS2. The van der Waals surface area contributed by atoms with Gasteiger partial charge in [-0.2, -0.15) is 0 Å². The zero-order valence-electron chi connectivity index (χ0n) is 8.08. The Morgan fingerprint density at radius 2 is 2.38 bits per heavy atom. The molecular weight excluding hydrogens is 332 g/mol. The van der Waals surface area contributed by atoms with Gasteiger partial charge in [0.05, 0.1) is 15.0 Å². The summed E-state index contributed by atoms with van der Waals surface area (Å²) >= 11 is 12.0. The highest BCUT2D eigenvalue weighted by Crippen LogP contribution is 2.29. The van der Waals surface area contributed by atoms with E-state index in [1.54, 1.807) is 6.20 Å². The van der Waals surface area contributed by atoms with Crippen molar-refractivity contribution in [1.29, 1.82) is 0 Å². The summed E-state index contributed by atoms with van der Waals surface area (Å²) < 4.78 is 0.872. The second-order valence-corrected chi connectivity index (χ2v) is 6.65. The van der Waals surface area contributed by atoms with E-state index in [1.807, 2.05) is 12.3 Å². The monoisotopic (exact) mass is 336 g/mol. The van der Waals surface area contributed by atoms with Gasteiger partial charge in [0.2, 0.25) is 0 Å². The van der Waals surface area contributed by atoms with Crippen LogP contribution < -0.4 is 5.32 Å². The van der Waals surface area contributed by atoms with Crippen LogP contribution in [0.25, 0.3) is 0 Å². The summed E-state index contributed by atoms with van der Waals surface area (Å²) in [5, 5.41) is 5.62. The lowest BCUT2D eigenvalue weighted by Gasteiger charge is -1.99. The number of thiophene rings is 1. The summed E-state index contributed by atoms with van der Waals surface area (Å²) in [6.45, 7) is 1.87. The number of nitrogens with one attached hydrogen (secondary N) is 1. The summed E-state index contributed by atoms with van der Waals surface area (Å²) in [6.07, 6.45) is 1.64. The minimum Gasteiger partial charge on any atom is -0.297 e.